The fourth-order valence-corrected chi connectivity index (χ4v) is 1.99. The van der Waals surface area contributed by atoms with E-state index in [1.807, 2.05) is 13.0 Å². The molecule has 0 fully saturated rings. The normalized spacial score (nSPS) is 26.9. The zero-order chi connectivity index (χ0) is 9.42. The van der Waals surface area contributed by atoms with E-state index in [9.17, 15) is 10.2 Å². The van der Waals surface area contributed by atoms with Crippen molar-refractivity contribution in [1.82, 2.24) is 0 Å². The van der Waals surface area contributed by atoms with E-state index in [2.05, 4.69) is 0 Å². The molecule has 0 radical (unpaired) electrons. The molecule has 0 aliphatic heterocycles. The quantitative estimate of drug-likeness (QED) is 0.636. The van der Waals surface area contributed by atoms with Gasteiger partial charge in [-0.05, 0) is 36.1 Å². The van der Waals surface area contributed by atoms with Gasteiger partial charge in [-0.15, -0.1) is 0 Å². The highest BCUT2D eigenvalue weighted by Gasteiger charge is 2.24. The molecule has 0 spiro atoms. The largest absolute Gasteiger partial charge is 0.508 e. The highest BCUT2D eigenvalue weighted by atomic mass is 16.3. The van der Waals surface area contributed by atoms with Gasteiger partial charge in [-0.1, -0.05) is 13.0 Å². The first-order chi connectivity index (χ1) is 6.18. The molecule has 0 heterocycles. The van der Waals surface area contributed by atoms with Gasteiger partial charge < -0.3 is 10.2 Å². The summed E-state index contributed by atoms with van der Waals surface area (Å²) in [5.41, 5.74) is 2.36. The van der Waals surface area contributed by atoms with Crippen molar-refractivity contribution in [1.29, 1.82) is 0 Å². The molecule has 0 amide bonds. The molecule has 0 saturated heterocycles. The second-order valence-corrected chi connectivity index (χ2v) is 3.78. The van der Waals surface area contributed by atoms with Crippen molar-refractivity contribution in [2.75, 3.05) is 0 Å². The highest BCUT2D eigenvalue weighted by Crippen LogP contribution is 2.33. The van der Waals surface area contributed by atoms with Gasteiger partial charge in [-0.2, -0.15) is 0 Å². The summed E-state index contributed by atoms with van der Waals surface area (Å²) in [5, 5.41) is 18.9. The minimum absolute atomic E-state index is 0.149. The Balaban J connectivity index is 2.45. The number of phenols is 1. The summed E-state index contributed by atoms with van der Waals surface area (Å²) in [7, 11) is 0. The molecule has 1 aliphatic rings. The maximum absolute atomic E-state index is 9.63. The third-order valence-electron chi connectivity index (χ3n) is 2.91. The number of aromatic hydroxyl groups is 1. The molecular weight excluding hydrogens is 164 g/mol. The maximum atomic E-state index is 9.63. The van der Waals surface area contributed by atoms with E-state index in [-0.39, 0.29) is 12.0 Å². The highest BCUT2D eigenvalue weighted by molar-refractivity contribution is 5.39. The number of phenolic OH excluding ortho intramolecular Hbond substituents is 1. The van der Waals surface area contributed by atoms with Crippen LogP contribution in [0.5, 0.6) is 5.75 Å². The summed E-state index contributed by atoms with van der Waals surface area (Å²) in [4.78, 5) is 0. The van der Waals surface area contributed by atoms with Crippen LogP contribution in [0.3, 0.4) is 0 Å². The first-order valence-corrected chi connectivity index (χ1v) is 4.68. The van der Waals surface area contributed by atoms with Crippen LogP contribution in [-0.4, -0.2) is 16.3 Å². The number of hydrogen-bond donors (Lipinski definition) is 2. The molecule has 1 aromatic carbocycles. The minimum Gasteiger partial charge on any atom is -0.508 e. The number of fused-ring (bicyclic) bond motifs is 1. The molecule has 2 atom stereocenters. The van der Waals surface area contributed by atoms with Gasteiger partial charge >= 0.3 is 0 Å². The lowest BCUT2D eigenvalue weighted by molar-refractivity contribution is 0.132. The average molecular weight is 178 g/mol. The Bertz CT molecular complexity index is 320. The van der Waals surface area contributed by atoms with Crippen LogP contribution in [0.15, 0.2) is 18.2 Å². The summed E-state index contributed by atoms with van der Waals surface area (Å²) >= 11 is 0. The number of aliphatic hydroxyl groups is 1. The SMILES string of the molecule is CC1c2cc(O)ccc2CCC1O. The Morgan fingerprint density at radius 2 is 2.15 bits per heavy atom. The van der Waals surface area contributed by atoms with Crippen molar-refractivity contribution in [3.63, 3.8) is 0 Å². The lowest BCUT2D eigenvalue weighted by Gasteiger charge is -2.27. The van der Waals surface area contributed by atoms with Gasteiger partial charge in [0.05, 0.1) is 6.10 Å². The smallest absolute Gasteiger partial charge is 0.115 e. The number of aryl methyl sites for hydroxylation is 1. The first kappa shape index (κ1) is 8.57. The van der Waals surface area contributed by atoms with Crippen LogP contribution in [0.4, 0.5) is 0 Å². The van der Waals surface area contributed by atoms with Gasteiger partial charge in [0.15, 0.2) is 0 Å². The maximum Gasteiger partial charge on any atom is 0.115 e. The minimum atomic E-state index is -0.255. The topological polar surface area (TPSA) is 40.5 Å². The van der Waals surface area contributed by atoms with Crippen molar-refractivity contribution in [2.24, 2.45) is 0 Å². The average Bonchev–Trinajstić information content (AvgIpc) is 2.12. The van der Waals surface area contributed by atoms with E-state index >= 15 is 0 Å². The lowest BCUT2D eigenvalue weighted by Crippen LogP contribution is -2.22. The molecular formula is C11H14O2. The Hall–Kier alpha value is -1.02. The van der Waals surface area contributed by atoms with Gasteiger partial charge in [0.25, 0.3) is 0 Å². The zero-order valence-electron chi connectivity index (χ0n) is 7.70. The van der Waals surface area contributed by atoms with E-state index in [0.29, 0.717) is 5.75 Å². The molecule has 13 heavy (non-hydrogen) atoms. The van der Waals surface area contributed by atoms with Crippen LogP contribution in [0.25, 0.3) is 0 Å². The van der Waals surface area contributed by atoms with Crippen molar-refractivity contribution in [3.8, 4) is 5.75 Å². The second-order valence-electron chi connectivity index (χ2n) is 3.78. The number of rotatable bonds is 0. The van der Waals surface area contributed by atoms with Gasteiger partial charge in [0.2, 0.25) is 0 Å². The van der Waals surface area contributed by atoms with Gasteiger partial charge in [-0.25, -0.2) is 0 Å². The van der Waals surface area contributed by atoms with Crippen molar-refractivity contribution in [3.05, 3.63) is 29.3 Å². The van der Waals surface area contributed by atoms with Crippen LogP contribution in [0, 0.1) is 0 Å². The third kappa shape index (κ3) is 1.42. The van der Waals surface area contributed by atoms with E-state index in [1.165, 1.54) is 5.56 Å². The Kier molecular flexibility index (Phi) is 2.00. The zero-order valence-corrected chi connectivity index (χ0v) is 7.70. The molecule has 2 unspecified atom stereocenters. The third-order valence-corrected chi connectivity index (χ3v) is 2.91. The standard InChI is InChI=1S/C11H14O2/c1-7-10-6-9(12)4-2-8(10)3-5-11(7)13/h2,4,6-7,11-13H,3,5H2,1H3. The Morgan fingerprint density at radius 1 is 1.38 bits per heavy atom. The van der Waals surface area contributed by atoms with Gasteiger partial charge in [0, 0.05) is 5.92 Å². The summed E-state index contributed by atoms with van der Waals surface area (Å²) in [6.45, 7) is 2.00. The molecule has 0 aromatic heterocycles. The van der Waals surface area contributed by atoms with Crippen molar-refractivity contribution in [2.45, 2.75) is 31.8 Å². The lowest BCUT2D eigenvalue weighted by atomic mass is 9.82. The monoisotopic (exact) mass is 178 g/mol. The molecule has 2 rings (SSSR count). The van der Waals surface area contributed by atoms with Crippen molar-refractivity contribution >= 4 is 0 Å². The van der Waals surface area contributed by atoms with E-state index < -0.39 is 0 Å². The Labute approximate surface area is 77.8 Å². The molecule has 70 valence electrons. The summed E-state index contributed by atoms with van der Waals surface area (Å²) in [5.74, 6) is 0.440. The van der Waals surface area contributed by atoms with Crippen LogP contribution < -0.4 is 0 Å². The summed E-state index contributed by atoms with van der Waals surface area (Å²) in [6, 6.07) is 5.43. The van der Waals surface area contributed by atoms with Crippen LogP contribution in [0.1, 0.15) is 30.4 Å². The summed E-state index contributed by atoms with van der Waals surface area (Å²) < 4.78 is 0. The van der Waals surface area contributed by atoms with E-state index in [4.69, 9.17) is 0 Å². The fourth-order valence-electron chi connectivity index (χ4n) is 1.99. The van der Waals surface area contributed by atoms with Crippen LogP contribution in [0.2, 0.25) is 0 Å². The predicted molar refractivity (Wildman–Crippen MR) is 50.8 cm³/mol. The summed E-state index contributed by atoms with van der Waals surface area (Å²) in [6.07, 6.45) is 1.49. The molecule has 2 N–H and O–H groups in total. The van der Waals surface area contributed by atoms with Crippen LogP contribution in [-0.2, 0) is 6.42 Å². The molecule has 2 heteroatoms. The molecule has 0 saturated carbocycles. The number of benzene rings is 1. The van der Waals surface area contributed by atoms with Crippen LogP contribution >= 0.6 is 0 Å². The molecule has 0 bridgehead atoms. The predicted octanol–water partition coefficient (Wildman–Crippen LogP) is 1.80. The number of aliphatic hydroxyl groups excluding tert-OH is 1. The first-order valence-electron chi connectivity index (χ1n) is 4.68. The molecule has 1 aromatic rings. The van der Waals surface area contributed by atoms with E-state index in [1.54, 1.807) is 12.1 Å². The molecule has 1 aliphatic carbocycles. The number of hydrogen-bond acceptors (Lipinski definition) is 2. The fraction of sp³-hybridized carbons (Fsp3) is 0.455. The van der Waals surface area contributed by atoms with Gasteiger partial charge in [0.1, 0.15) is 5.75 Å². The molecule has 2 nitrogen and oxygen atoms in total. The van der Waals surface area contributed by atoms with E-state index in [0.717, 1.165) is 18.4 Å². The van der Waals surface area contributed by atoms with Gasteiger partial charge in [-0.3, -0.25) is 0 Å². The Morgan fingerprint density at radius 3 is 2.92 bits per heavy atom. The van der Waals surface area contributed by atoms with Crippen molar-refractivity contribution < 1.29 is 10.2 Å². The second kappa shape index (κ2) is 3.04.